The largest absolute Gasteiger partial charge is 0.321 e. The van der Waals surface area contributed by atoms with Crippen LogP contribution in [0.5, 0.6) is 0 Å². The van der Waals surface area contributed by atoms with E-state index in [4.69, 9.17) is 0 Å². The predicted molar refractivity (Wildman–Crippen MR) is 104 cm³/mol. The standard InChI is InChI=1S/C17H18N6OS.ClH/c24-16(15-11-23(22-21-15)14-5-7-18-8-6-14)20-13-3-1-12(2-4-13)17-19-9-10-25-17;/h1-4,9-11,14,18H,5-8H2,(H,20,24);1H. The number of halogens is 1. The summed E-state index contributed by atoms with van der Waals surface area (Å²) >= 11 is 1.58. The summed E-state index contributed by atoms with van der Waals surface area (Å²) in [5, 5.41) is 17.2. The van der Waals surface area contributed by atoms with Gasteiger partial charge in [0, 0.05) is 22.8 Å². The van der Waals surface area contributed by atoms with Gasteiger partial charge in [-0.05, 0) is 50.2 Å². The molecule has 7 nitrogen and oxygen atoms in total. The highest BCUT2D eigenvalue weighted by atomic mass is 35.5. The summed E-state index contributed by atoms with van der Waals surface area (Å²) in [6.45, 7) is 1.94. The summed E-state index contributed by atoms with van der Waals surface area (Å²) in [6.07, 6.45) is 5.52. The van der Waals surface area contributed by atoms with Gasteiger partial charge in [-0.15, -0.1) is 28.8 Å². The van der Waals surface area contributed by atoms with Crippen molar-refractivity contribution in [2.45, 2.75) is 18.9 Å². The van der Waals surface area contributed by atoms with Gasteiger partial charge in [-0.1, -0.05) is 5.21 Å². The summed E-state index contributed by atoms with van der Waals surface area (Å²) in [5.41, 5.74) is 2.09. The molecule has 0 atom stereocenters. The minimum Gasteiger partial charge on any atom is -0.321 e. The highest BCUT2D eigenvalue weighted by Gasteiger charge is 2.18. The predicted octanol–water partition coefficient (Wildman–Crippen LogP) is 3.00. The fraction of sp³-hybridized carbons (Fsp3) is 0.294. The maximum Gasteiger partial charge on any atom is 0.277 e. The number of anilines is 1. The zero-order valence-electron chi connectivity index (χ0n) is 14.0. The van der Waals surface area contributed by atoms with Gasteiger partial charge in [0.05, 0.1) is 12.2 Å². The second-order valence-corrected chi connectivity index (χ2v) is 6.83. The molecular weight excluding hydrogens is 372 g/mol. The van der Waals surface area contributed by atoms with Gasteiger partial charge in [-0.3, -0.25) is 4.79 Å². The smallest absolute Gasteiger partial charge is 0.277 e. The number of carbonyl (C=O) groups is 1. The lowest BCUT2D eigenvalue weighted by Gasteiger charge is -2.22. The number of thiazole rings is 1. The van der Waals surface area contributed by atoms with Crippen LogP contribution in [0, 0.1) is 0 Å². The van der Waals surface area contributed by atoms with Crippen LogP contribution in [0.3, 0.4) is 0 Å². The van der Waals surface area contributed by atoms with Gasteiger partial charge < -0.3 is 10.6 Å². The molecule has 1 aromatic carbocycles. The van der Waals surface area contributed by atoms with Crippen LogP contribution >= 0.6 is 23.7 Å². The number of nitrogens with zero attached hydrogens (tertiary/aromatic N) is 4. The van der Waals surface area contributed by atoms with Crippen molar-refractivity contribution in [1.82, 2.24) is 25.3 Å². The highest BCUT2D eigenvalue weighted by molar-refractivity contribution is 7.13. The first-order valence-electron chi connectivity index (χ1n) is 8.23. The van der Waals surface area contributed by atoms with E-state index in [9.17, 15) is 4.79 Å². The Kier molecular flexibility index (Phi) is 5.97. The maximum atomic E-state index is 12.4. The molecule has 0 bridgehead atoms. The third kappa shape index (κ3) is 4.09. The summed E-state index contributed by atoms with van der Waals surface area (Å²) in [7, 11) is 0. The van der Waals surface area contributed by atoms with E-state index in [1.54, 1.807) is 28.4 Å². The van der Waals surface area contributed by atoms with Crippen LogP contribution in [0.25, 0.3) is 10.6 Å². The molecule has 1 aliphatic rings. The van der Waals surface area contributed by atoms with E-state index in [0.29, 0.717) is 11.7 Å². The number of amides is 1. The monoisotopic (exact) mass is 390 g/mol. The van der Waals surface area contributed by atoms with Crippen LogP contribution in [-0.2, 0) is 0 Å². The average Bonchev–Trinajstić information content (AvgIpc) is 3.35. The zero-order chi connectivity index (χ0) is 17.1. The molecule has 1 fully saturated rings. The number of hydrogen-bond acceptors (Lipinski definition) is 6. The zero-order valence-corrected chi connectivity index (χ0v) is 15.6. The molecule has 1 aliphatic heterocycles. The second kappa shape index (κ2) is 8.39. The van der Waals surface area contributed by atoms with Crippen LogP contribution in [0.15, 0.2) is 42.0 Å². The second-order valence-electron chi connectivity index (χ2n) is 5.93. The number of rotatable bonds is 4. The summed E-state index contributed by atoms with van der Waals surface area (Å²) in [4.78, 5) is 16.7. The van der Waals surface area contributed by atoms with Crippen molar-refractivity contribution in [3.8, 4) is 10.6 Å². The van der Waals surface area contributed by atoms with Crippen molar-refractivity contribution in [3.63, 3.8) is 0 Å². The Morgan fingerprint density at radius 1 is 1.23 bits per heavy atom. The Bertz CT molecular complexity index is 843. The highest BCUT2D eigenvalue weighted by Crippen LogP contribution is 2.23. The minimum atomic E-state index is -0.248. The van der Waals surface area contributed by atoms with E-state index in [1.807, 2.05) is 29.6 Å². The van der Waals surface area contributed by atoms with Gasteiger partial charge in [0.1, 0.15) is 5.01 Å². The molecule has 2 aromatic heterocycles. The first-order chi connectivity index (χ1) is 12.3. The van der Waals surface area contributed by atoms with Crippen molar-refractivity contribution in [2.75, 3.05) is 18.4 Å². The normalized spacial score (nSPS) is 14.6. The number of benzene rings is 1. The average molecular weight is 391 g/mol. The van der Waals surface area contributed by atoms with Crippen LogP contribution in [-0.4, -0.2) is 39.0 Å². The van der Waals surface area contributed by atoms with E-state index in [0.717, 1.165) is 42.2 Å². The quantitative estimate of drug-likeness (QED) is 0.715. The molecule has 3 heterocycles. The van der Waals surface area contributed by atoms with Crippen molar-refractivity contribution < 1.29 is 4.79 Å². The third-order valence-corrected chi connectivity index (χ3v) is 5.07. The number of hydrogen-bond donors (Lipinski definition) is 2. The van der Waals surface area contributed by atoms with E-state index in [1.165, 1.54) is 0 Å². The number of nitrogens with one attached hydrogen (secondary N) is 2. The third-order valence-electron chi connectivity index (χ3n) is 4.25. The molecule has 9 heteroatoms. The molecule has 1 amide bonds. The number of piperidine rings is 1. The first-order valence-corrected chi connectivity index (χ1v) is 9.11. The Labute approximate surface area is 161 Å². The molecular formula is C17H19ClN6OS. The SMILES string of the molecule is Cl.O=C(Nc1ccc(-c2nccs2)cc1)c1cn(C2CCNCC2)nn1. The van der Waals surface area contributed by atoms with E-state index in [-0.39, 0.29) is 18.3 Å². The van der Waals surface area contributed by atoms with Gasteiger partial charge in [0.15, 0.2) is 5.69 Å². The van der Waals surface area contributed by atoms with E-state index >= 15 is 0 Å². The molecule has 136 valence electrons. The van der Waals surface area contributed by atoms with Gasteiger partial charge in [0.25, 0.3) is 5.91 Å². The fourth-order valence-electron chi connectivity index (χ4n) is 2.89. The fourth-order valence-corrected chi connectivity index (χ4v) is 3.53. The number of carbonyl (C=O) groups excluding carboxylic acids is 1. The minimum absolute atomic E-state index is 0. The molecule has 0 spiro atoms. The number of aromatic nitrogens is 4. The van der Waals surface area contributed by atoms with E-state index in [2.05, 4.69) is 25.9 Å². The van der Waals surface area contributed by atoms with Crippen LogP contribution in [0.1, 0.15) is 29.4 Å². The lowest BCUT2D eigenvalue weighted by molar-refractivity contribution is 0.102. The molecule has 26 heavy (non-hydrogen) atoms. The van der Waals surface area contributed by atoms with Gasteiger partial charge in [-0.2, -0.15) is 0 Å². The molecule has 1 saturated heterocycles. The summed E-state index contributed by atoms with van der Waals surface area (Å²) in [5.74, 6) is -0.248. The summed E-state index contributed by atoms with van der Waals surface area (Å²) < 4.78 is 1.81. The van der Waals surface area contributed by atoms with Gasteiger partial charge >= 0.3 is 0 Å². The summed E-state index contributed by atoms with van der Waals surface area (Å²) in [6, 6.07) is 7.94. The Morgan fingerprint density at radius 2 is 2.00 bits per heavy atom. The van der Waals surface area contributed by atoms with E-state index < -0.39 is 0 Å². The molecule has 3 aromatic rings. The molecule has 0 aliphatic carbocycles. The van der Waals surface area contributed by atoms with Crippen LogP contribution < -0.4 is 10.6 Å². The molecule has 0 unspecified atom stereocenters. The van der Waals surface area contributed by atoms with Crippen molar-refractivity contribution in [1.29, 1.82) is 0 Å². The van der Waals surface area contributed by atoms with Crippen molar-refractivity contribution >= 4 is 35.3 Å². The van der Waals surface area contributed by atoms with Crippen molar-refractivity contribution in [3.05, 3.63) is 47.7 Å². The van der Waals surface area contributed by atoms with Gasteiger partial charge in [-0.25, -0.2) is 9.67 Å². The van der Waals surface area contributed by atoms with Crippen LogP contribution in [0.4, 0.5) is 5.69 Å². The van der Waals surface area contributed by atoms with Crippen LogP contribution in [0.2, 0.25) is 0 Å². The lowest BCUT2D eigenvalue weighted by Crippen LogP contribution is -2.29. The van der Waals surface area contributed by atoms with Crippen molar-refractivity contribution in [2.24, 2.45) is 0 Å². The lowest BCUT2D eigenvalue weighted by atomic mass is 10.1. The Hall–Kier alpha value is -2.29. The van der Waals surface area contributed by atoms with Gasteiger partial charge in [0.2, 0.25) is 0 Å². The molecule has 4 rings (SSSR count). The molecule has 0 radical (unpaired) electrons. The molecule has 2 N–H and O–H groups in total. The molecule has 0 saturated carbocycles. The Morgan fingerprint density at radius 3 is 2.69 bits per heavy atom. The Balaban J connectivity index is 0.00000196. The maximum absolute atomic E-state index is 12.4. The topological polar surface area (TPSA) is 84.7 Å². The first kappa shape index (κ1) is 18.5.